The van der Waals surface area contributed by atoms with Gasteiger partial charge >= 0.3 is 39.5 Å². The molecular weight excluding hydrogens is 1150 g/mol. The molecule has 0 bridgehead atoms. The molecule has 0 aliphatic heterocycles. The first kappa shape index (κ1) is 85.1. The Kier molecular flexibility index (Phi) is 57.8. The lowest BCUT2D eigenvalue weighted by atomic mass is 10.00. The van der Waals surface area contributed by atoms with Crippen LogP contribution in [0.15, 0.2) is 0 Å². The van der Waals surface area contributed by atoms with Crippen LogP contribution < -0.4 is 0 Å². The Hall–Kier alpha value is -1.94. The van der Waals surface area contributed by atoms with E-state index in [0.717, 1.165) is 114 Å². The summed E-state index contributed by atoms with van der Waals surface area (Å²) in [7, 11) is -9.90. The highest BCUT2D eigenvalue weighted by molar-refractivity contribution is 7.47. The third kappa shape index (κ3) is 60.1. The summed E-state index contributed by atoms with van der Waals surface area (Å²) in [6.45, 7) is 11.7. The van der Waals surface area contributed by atoms with Crippen molar-refractivity contribution in [2.24, 2.45) is 17.8 Å². The first-order valence-corrected chi connectivity index (χ1v) is 38.4. The van der Waals surface area contributed by atoms with Gasteiger partial charge in [-0.25, -0.2) is 9.13 Å². The van der Waals surface area contributed by atoms with Crippen molar-refractivity contribution in [3.05, 3.63) is 0 Å². The monoisotopic (exact) mass is 1280 g/mol. The van der Waals surface area contributed by atoms with Crippen LogP contribution in [0, 0.1) is 17.8 Å². The van der Waals surface area contributed by atoms with Gasteiger partial charge in [0.2, 0.25) is 0 Å². The van der Waals surface area contributed by atoms with E-state index in [1.807, 2.05) is 0 Å². The highest BCUT2D eigenvalue weighted by Gasteiger charge is 2.30. The number of esters is 4. The SMILES string of the molecule is CCCCCCCCCCCCCCCCC(=O)O[C@H](COC(=O)CCCCCCCCCCCCC(C)C)COP(=O)(O)OC[C@@H](O)COP(=O)(O)OC[C@@H](COC(=O)CCCCCCCCC(C)CC)OC(=O)CCCCCCCCC(C)CC. The van der Waals surface area contributed by atoms with E-state index < -0.39 is 97.5 Å². The van der Waals surface area contributed by atoms with E-state index in [1.54, 1.807) is 0 Å². The highest BCUT2D eigenvalue weighted by atomic mass is 31.2. The van der Waals surface area contributed by atoms with Crippen LogP contribution in [-0.4, -0.2) is 96.7 Å². The van der Waals surface area contributed by atoms with Crippen molar-refractivity contribution in [3.8, 4) is 0 Å². The minimum atomic E-state index is -4.95. The van der Waals surface area contributed by atoms with Gasteiger partial charge in [-0.1, -0.05) is 286 Å². The average Bonchev–Trinajstić information content (AvgIpc) is 3.56. The second-order valence-corrected chi connectivity index (χ2v) is 28.4. The molecule has 0 heterocycles. The van der Waals surface area contributed by atoms with Crippen LogP contribution >= 0.6 is 15.6 Å². The van der Waals surface area contributed by atoms with Crippen LogP contribution in [0.25, 0.3) is 0 Å². The smallest absolute Gasteiger partial charge is 0.462 e. The zero-order chi connectivity index (χ0) is 64.5. The van der Waals surface area contributed by atoms with Crippen molar-refractivity contribution in [1.29, 1.82) is 0 Å². The molecule has 0 aromatic rings. The molecule has 19 heteroatoms. The first-order chi connectivity index (χ1) is 41.8. The molecule has 0 radical (unpaired) electrons. The lowest BCUT2D eigenvalue weighted by Crippen LogP contribution is -2.30. The summed E-state index contributed by atoms with van der Waals surface area (Å²) in [5.74, 6) is 0.0778. The second-order valence-electron chi connectivity index (χ2n) is 25.5. The first-order valence-electron chi connectivity index (χ1n) is 35.4. The van der Waals surface area contributed by atoms with E-state index >= 15 is 0 Å². The Balaban J connectivity index is 5.26. The quantitative estimate of drug-likeness (QED) is 0.0222. The van der Waals surface area contributed by atoms with E-state index in [1.165, 1.54) is 141 Å². The normalized spacial score (nSPS) is 14.9. The van der Waals surface area contributed by atoms with Gasteiger partial charge < -0.3 is 33.8 Å². The Morgan fingerprint density at radius 3 is 0.874 bits per heavy atom. The fourth-order valence-electron chi connectivity index (χ4n) is 10.1. The number of phosphoric ester groups is 2. The number of carbonyl (C=O) groups excluding carboxylic acids is 4. The van der Waals surface area contributed by atoms with Gasteiger partial charge in [-0.3, -0.25) is 37.3 Å². The summed E-state index contributed by atoms with van der Waals surface area (Å²) in [4.78, 5) is 72.4. The average molecular weight is 1280 g/mol. The number of phosphoric acid groups is 2. The lowest BCUT2D eigenvalue weighted by Gasteiger charge is -2.21. The van der Waals surface area contributed by atoms with Gasteiger partial charge in [0.15, 0.2) is 12.2 Å². The van der Waals surface area contributed by atoms with Gasteiger partial charge in [-0.15, -0.1) is 0 Å². The molecule has 4 unspecified atom stereocenters. The Labute approximate surface area is 530 Å². The molecule has 3 N–H and O–H groups in total. The van der Waals surface area contributed by atoms with E-state index in [4.69, 9.17) is 37.0 Å². The molecule has 0 rings (SSSR count). The van der Waals surface area contributed by atoms with Crippen molar-refractivity contribution in [2.75, 3.05) is 39.6 Å². The zero-order valence-electron chi connectivity index (χ0n) is 56.5. The number of ether oxygens (including phenoxy) is 4. The molecule has 0 spiro atoms. The fourth-order valence-corrected chi connectivity index (χ4v) is 11.7. The van der Waals surface area contributed by atoms with Gasteiger partial charge in [-0.2, -0.15) is 0 Å². The number of hydrogen-bond acceptors (Lipinski definition) is 15. The number of aliphatic hydroxyl groups excluding tert-OH is 1. The second kappa shape index (κ2) is 59.1. The summed E-state index contributed by atoms with van der Waals surface area (Å²) in [6, 6.07) is 0. The van der Waals surface area contributed by atoms with E-state index in [9.17, 15) is 43.2 Å². The van der Waals surface area contributed by atoms with Gasteiger partial charge in [0.05, 0.1) is 26.4 Å². The highest BCUT2D eigenvalue weighted by Crippen LogP contribution is 2.45. The van der Waals surface area contributed by atoms with Crippen LogP contribution in [0.3, 0.4) is 0 Å². The fraction of sp³-hybridized carbons (Fsp3) is 0.941. The van der Waals surface area contributed by atoms with Gasteiger partial charge in [0.25, 0.3) is 0 Å². The maximum absolute atomic E-state index is 13.0. The summed E-state index contributed by atoms with van der Waals surface area (Å²) in [5, 5.41) is 10.6. The lowest BCUT2D eigenvalue weighted by molar-refractivity contribution is -0.161. The number of carbonyl (C=O) groups is 4. The predicted octanol–water partition coefficient (Wildman–Crippen LogP) is 19.1. The number of unbranched alkanes of at least 4 members (excludes halogenated alkanes) is 32. The summed E-state index contributed by atoms with van der Waals surface area (Å²) >= 11 is 0. The predicted molar refractivity (Wildman–Crippen MR) is 349 cm³/mol. The maximum atomic E-state index is 13.0. The van der Waals surface area contributed by atoms with E-state index in [-0.39, 0.29) is 25.7 Å². The molecule has 0 amide bonds. The van der Waals surface area contributed by atoms with Crippen molar-refractivity contribution >= 4 is 39.5 Å². The van der Waals surface area contributed by atoms with Crippen molar-refractivity contribution < 1.29 is 80.2 Å². The topological polar surface area (TPSA) is 237 Å². The number of rotatable bonds is 66. The molecule has 0 saturated carbocycles. The molecule has 0 saturated heterocycles. The molecular formula is C68H132O17P2. The summed E-state index contributed by atoms with van der Waals surface area (Å²) in [6.07, 6.45) is 41.7. The Morgan fingerprint density at radius 2 is 0.586 bits per heavy atom. The third-order valence-electron chi connectivity index (χ3n) is 16.4. The Morgan fingerprint density at radius 1 is 0.333 bits per heavy atom. The van der Waals surface area contributed by atoms with Crippen LogP contribution in [0.5, 0.6) is 0 Å². The number of hydrogen-bond donors (Lipinski definition) is 3. The van der Waals surface area contributed by atoms with Crippen molar-refractivity contribution in [2.45, 2.75) is 356 Å². The third-order valence-corrected chi connectivity index (χ3v) is 18.3. The molecule has 0 aromatic heterocycles. The molecule has 0 aliphatic carbocycles. The summed E-state index contributed by atoms with van der Waals surface area (Å²) < 4.78 is 68.2. The van der Waals surface area contributed by atoms with Crippen molar-refractivity contribution in [3.63, 3.8) is 0 Å². The standard InChI is InChI=1S/C68H132O17P2/c1-8-11-12-13-14-15-16-17-18-19-24-27-37-44-51-67(72)84-63(55-78-65(70)49-42-35-26-23-21-20-22-25-32-39-46-59(4)5)57-82-86(74,75)80-53-62(69)54-81-87(76,77)83-58-64(85-68(73)52-45-38-31-29-34-41-48-61(7)10-3)56-79-66(71)50-43-36-30-28-33-40-47-60(6)9-2/h59-64,69H,8-58H2,1-7H3,(H,74,75)(H,76,77)/t60?,61?,62-,63-,64-/m1/s1. The maximum Gasteiger partial charge on any atom is 0.472 e. The molecule has 0 aliphatic rings. The molecule has 7 atom stereocenters. The molecule has 17 nitrogen and oxygen atoms in total. The summed E-state index contributed by atoms with van der Waals surface area (Å²) in [5.41, 5.74) is 0. The van der Waals surface area contributed by atoms with Crippen LogP contribution in [-0.2, 0) is 65.4 Å². The number of aliphatic hydroxyl groups is 1. The van der Waals surface area contributed by atoms with Gasteiger partial charge in [-0.05, 0) is 43.4 Å². The van der Waals surface area contributed by atoms with Gasteiger partial charge in [0.1, 0.15) is 19.3 Å². The Bertz CT molecular complexity index is 1720. The minimum Gasteiger partial charge on any atom is -0.462 e. The van der Waals surface area contributed by atoms with E-state index in [2.05, 4.69) is 48.5 Å². The molecule has 0 aromatic carbocycles. The molecule has 516 valence electrons. The molecule has 0 fully saturated rings. The van der Waals surface area contributed by atoms with Crippen LogP contribution in [0.4, 0.5) is 0 Å². The largest absolute Gasteiger partial charge is 0.472 e. The van der Waals surface area contributed by atoms with Crippen molar-refractivity contribution in [1.82, 2.24) is 0 Å². The molecule has 87 heavy (non-hydrogen) atoms. The van der Waals surface area contributed by atoms with Gasteiger partial charge in [0, 0.05) is 25.7 Å². The van der Waals surface area contributed by atoms with E-state index in [0.29, 0.717) is 25.7 Å². The zero-order valence-corrected chi connectivity index (χ0v) is 58.3. The minimum absolute atomic E-state index is 0.102. The van der Waals surface area contributed by atoms with Crippen LogP contribution in [0.2, 0.25) is 0 Å². The van der Waals surface area contributed by atoms with Crippen LogP contribution in [0.1, 0.15) is 337 Å².